The van der Waals surface area contributed by atoms with Gasteiger partial charge in [0, 0.05) is 23.5 Å². The van der Waals surface area contributed by atoms with E-state index in [0.717, 1.165) is 4.52 Å². The van der Waals surface area contributed by atoms with Crippen molar-refractivity contribution in [2.75, 3.05) is 12.4 Å². The molecule has 0 saturated carbocycles. The Bertz CT molecular complexity index is 1370. The fraction of sp³-hybridized carbons (Fsp3) is 0.250. The first-order chi connectivity index (χ1) is 16.7. The number of rotatable bonds is 7. The molecular weight excluding hydrogens is 463 g/mol. The van der Waals surface area contributed by atoms with E-state index in [1.54, 1.807) is 57.4 Å². The molecule has 2 heterocycles. The molecular formula is C24H22F3N5O3. The Labute approximate surface area is 198 Å². The second-order valence-corrected chi connectivity index (χ2v) is 7.73. The van der Waals surface area contributed by atoms with Gasteiger partial charge >= 0.3 is 6.18 Å². The van der Waals surface area contributed by atoms with E-state index in [4.69, 9.17) is 9.47 Å². The molecule has 0 aliphatic rings. The van der Waals surface area contributed by atoms with Gasteiger partial charge in [0.2, 0.25) is 5.91 Å². The topological polar surface area (TPSA) is 90.6 Å². The predicted molar refractivity (Wildman–Crippen MR) is 122 cm³/mol. The van der Waals surface area contributed by atoms with E-state index in [0.29, 0.717) is 39.9 Å². The summed E-state index contributed by atoms with van der Waals surface area (Å²) in [6.07, 6.45) is -4.28. The Hall–Kier alpha value is -4.15. The van der Waals surface area contributed by atoms with Gasteiger partial charge in [0.1, 0.15) is 5.75 Å². The van der Waals surface area contributed by atoms with Gasteiger partial charge in [-0.05, 0) is 62.2 Å². The monoisotopic (exact) mass is 485 g/mol. The summed E-state index contributed by atoms with van der Waals surface area (Å²) in [4.78, 5) is 20.1. The predicted octanol–water partition coefficient (Wildman–Crippen LogP) is 5.13. The lowest BCUT2D eigenvalue weighted by Gasteiger charge is -2.12. The maximum atomic E-state index is 13.0. The molecule has 1 amide bonds. The van der Waals surface area contributed by atoms with E-state index in [1.807, 2.05) is 12.1 Å². The molecule has 0 radical (unpaired) electrons. The summed E-state index contributed by atoms with van der Waals surface area (Å²) >= 11 is 0. The molecule has 0 aliphatic heterocycles. The fourth-order valence-corrected chi connectivity index (χ4v) is 3.59. The molecule has 0 unspecified atom stereocenters. The fourth-order valence-electron chi connectivity index (χ4n) is 3.59. The van der Waals surface area contributed by atoms with Crippen LogP contribution < -0.4 is 14.8 Å². The van der Waals surface area contributed by atoms with Gasteiger partial charge in [-0.1, -0.05) is 12.1 Å². The van der Waals surface area contributed by atoms with Crippen LogP contribution in [0.5, 0.6) is 17.2 Å². The van der Waals surface area contributed by atoms with Crippen molar-refractivity contribution < 1.29 is 27.4 Å². The van der Waals surface area contributed by atoms with Crippen LogP contribution in [0, 0.1) is 13.8 Å². The second-order valence-electron chi connectivity index (χ2n) is 7.73. The summed E-state index contributed by atoms with van der Waals surface area (Å²) in [6.45, 7) is 3.30. The number of benzene rings is 2. The SMILES string of the molecule is COc1ccccc1Oc1ccc(NC(=O)CCc2c(C)nc3nc(C(F)(F)F)nn3c2C)cc1. The number of halogens is 3. The quantitative estimate of drug-likeness (QED) is 0.390. The highest BCUT2D eigenvalue weighted by Gasteiger charge is 2.37. The number of aryl methyl sites for hydroxylation is 2. The van der Waals surface area contributed by atoms with E-state index in [9.17, 15) is 18.0 Å². The van der Waals surface area contributed by atoms with Crippen molar-refractivity contribution >= 4 is 17.4 Å². The Morgan fingerprint density at radius 1 is 1.03 bits per heavy atom. The minimum atomic E-state index is -4.66. The lowest BCUT2D eigenvalue weighted by atomic mass is 10.1. The lowest BCUT2D eigenvalue weighted by Crippen LogP contribution is -2.14. The first-order valence-electron chi connectivity index (χ1n) is 10.7. The molecule has 8 nitrogen and oxygen atoms in total. The number of nitrogens with one attached hydrogen (secondary N) is 1. The van der Waals surface area contributed by atoms with Crippen LogP contribution in [0.3, 0.4) is 0 Å². The van der Waals surface area contributed by atoms with Crippen molar-refractivity contribution in [3.05, 3.63) is 71.3 Å². The zero-order valence-corrected chi connectivity index (χ0v) is 19.2. The van der Waals surface area contributed by atoms with E-state index >= 15 is 0 Å². The van der Waals surface area contributed by atoms with E-state index in [2.05, 4.69) is 20.4 Å². The van der Waals surface area contributed by atoms with Gasteiger partial charge < -0.3 is 14.8 Å². The summed E-state index contributed by atoms with van der Waals surface area (Å²) in [5.74, 6) is 0.110. The third-order valence-electron chi connectivity index (χ3n) is 5.34. The van der Waals surface area contributed by atoms with Gasteiger partial charge in [-0.25, -0.2) is 9.50 Å². The number of hydrogen-bond acceptors (Lipinski definition) is 6. The van der Waals surface area contributed by atoms with Crippen molar-refractivity contribution in [2.24, 2.45) is 0 Å². The van der Waals surface area contributed by atoms with Crippen molar-refractivity contribution in [3.63, 3.8) is 0 Å². The molecule has 2 aromatic carbocycles. The van der Waals surface area contributed by atoms with Crippen molar-refractivity contribution in [1.29, 1.82) is 0 Å². The van der Waals surface area contributed by atoms with E-state index in [-0.39, 0.29) is 24.5 Å². The molecule has 0 saturated heterocycles. The van der Waals surface area contributed by atoms with Gasteiger partial charge in [0.15, 0.2) is 11.5 Å². The molecule has 11 heteroatoms. The van der Waals surface area contributed by atoms with Crippen molar-refractivity contribution in [1.82, 2.24) is 19.6 Å². The van der Waals surface area contributed by atoms with Crippen LogP contribution in [0.4, 0.5) is 18.9 Å². The first-order valence-corrected chi connectivity index (χ1v) is 10.7. The highest BCUT2D eigenvalue weighted by Crippen LogP contribution is 2.31. The maximum Gasteiger partial charge on any atom is 0.453 e. The molecule has 35 heavy (non-hydrogen) atoms. The lowest BCUT2D eigenvalue weighted by molar-refractivity contribution is -0.144. The average Bonchev–Trinajstić information content (AvgIpc) is 3.25. The summed E-state index contributed by atoms with van der Waals surface area (Å²) < 4.78 is 51.0. The molecule has 4 aromatic rings. The molecule has 4 rings (SSSR count). The largest absolute Gasteiger partial charge is 0.493 e. The number of anilines is 1. The highest BCUT2D eigenvalue weighted by molar-refractivity contribution is 5.90. The van der Waals surface area contributed by atoms with Gasteiger partial charge in [-0.3, -0.25) is 4.79 Å². The number of nitrogens with zero attached hydrogens (tertiary/aromatic N) is 4. The normalized spacial score (nSPS) is 11.5. The molecule has 182 valence electrons. The van der Waals surface area contributed by atoms with Crippen LogP contribution in [0.2, 0.25) is 0 Å². The number of amides is 1. The van der Waals surface area contributed by atoms with Crippen LogP contribution in [0.15, 0.2) is 48.5 Å². The number of alkyl halides is 3. The molecule has 0 aliphatic carbocycles. The number of carbonyl (C=O) groups excluding carboxylic acids is 1. The standard InChI is InChI=1S/C24H22F3N5O3/c1-14-18(15(2)32-23(28-14)30-22(31-32)24(25,26)27)12-13-21(33)29-16-8-10-17(11-9-16)35-20-7-5-4-6-19(20)34-3/h4-11H,12-13H2,1-3H3,(H,29,33). The van der Waals surface area contributed by atoms with Crippen LogP contribution in [-0.4, -0.2) is 32.6 Å². The summed E-state index contributed by atoms with van der Waals surface area (Å²) in [6, 6.07) is 14.1. The second kappa shape index (κ2) is 9.61. The van der Waals surface area contributed by atoms with Crippen molar-refractivity contribution in [2.45, 2.75) is 32.9 Å². The minimum absolute atomic E-state index is 0.106. The number of fused-ring (bicyclic) bond motifs is 1. The van der Waals surface area contributed by atoms with Crippen LogP contribution >= 0.6 is 0 Å². The Balaban J connectivity index is 1.40. The van der Waals surface area contributed by atoms with Gasteiger partial charge in [0.25, 0.3) is 11.6 Å². The smallest absolute Gasteiger partial charge is 0.453 e. The molecule has 0 spiro atoms. The maximum absolute atomic E-state index is 13.0. The number of methoxy groups -OCH3 is 1. The average molecular weight is 485 g/mol. The van der Waals surface area contributed by atoms with Crippen molar-refractivity contribution in [3.8, 4) is 17.2 Å². The zero-order chi connectivity index (χ0) is 25.2. The third-order valence-corrected chi connectivity index (χ3v) is 5.34. The van der Waals surface area contributed by atoms with E-state index in [1.165, 1.54) is 0 Å². The minimum Gasteiger partial charge on any atom is -0.493 e. The molecule has 1 N–H and O–H groups in total. The molecule has 0 bridgehead atoms. The Morgan fingerprint density at radius 3 is 2.37 bits per heavy atom. The molecule has 0 atom stereocenters. The first kappa shape index (κ1) is 24.0. The number of para-hydroxylation sites is 2. The Kier molecular flexibility index (Phi) is 6.59. The summed E-state index contributed by atoms with van der Waals surface area (Å²) in [5, 5.41) is 6.33. The number of carbonyl (C=O) groups is 1. The number of hydrogen-bond donors (Lipinski definition) is 1. The van der Waals surface area contributed by atoms with Crippen LogP contribution in [0.25, 0.3) is 5.78 Å². The third kappa shape index (κ3) is 5.34. The van der Waals surface area contributed by atoms with E-state index < -0.39 is 12.0 Å². The highest BCUT2D eigenvalue weighted by atomic mass is 19.4. The number of aromatic nitrogens is 4. The summed E-state index contributed by atoms with van der Waals surface area (Å²) in [5.41, 5.74) is 2.19. The zero-order valence-electron chi connectivity index (χ0n) is 19.2. The number of ether oxygens (including phenoxy) is 2. The molecule has 2 aromatic heterocycles. The van der Waals surface area contributed by atoms with Gasteiger partial charge in [0.05, 0.1) is 7.11 Å². The van der Waals surface area contributed by atoms with Gasteiger partial charge in [-0.15, -0.1) is 5.10 Å². The van der Waals surface area contributed by atoms with Crippen LogP contribution in [-0.2, 0) is 17.4 Å². The molecule has 0 fully saturated rings. The van der Waals surface area contributed by atoms with Gasteiger partial charge in [-0.2, -0.15) is 18.2 Å². The Morgan fingerprint density at radius 2 is 1.71 bits per heavy atom. The van der Waals surface area contributed by atoms with Crippen LogP contribution in [0.1, 0.15) is 29.2 Å². The summed E-state index contributed by atoms with van der Waals surface area (Å²) in [7, 11) is 1.56.